The second kappa shape index (κ2) is 6.04. The minimum Gasteiger partial charge on any atom is -0.384 e. The van der Waals surface area contributed by atoms with Crippen molar-refractivity contribution in [1.29, 1.82) is 0 Å². The second-order valence-corrected chi connectivity index (χ2v) is 5.38. The third-order valence-corrected chi connectivity index (χ3v) is 3.67. The molecule has 1 aromatic heterocycles. The maximum atomic E-state index is 12.2. The fraction of sp³-hybridized carbons (Fsp3) is 0.600. The number of amides is 1. The summed E-state index contributed by atoms with van der Waals surface area (Å²) < 4.78 is 0. The minimum absolute atomic E-state index is 0.0312. The Labute approximate surface area is 114 Å². The first-order valence-corrected chi connectivity index (χ1v) is 7.19. The maximum Gasteiger partial charge on any atom is 0.251 e. The van der Waals surface area contributed by atoms with Crippen molar-refractivity contribution in [3.8, 4) is 0 Å². The number of anilines is 1. The molecule has 0 spiro atoms. The smallest absolute Gasteiger partial charge is 0.251 e. The van der Waals surface area contributed by atoms with Crippen LogP contribution in [0.3, 0.4) is 0 Å². The normalized spacial score (nSPS) is 16.1. The largest absolute Gasteiger partial charge is 0.384 e. The quantitative estimate of drug-likeness (QED) is 0.827. The molecule has 4 heteroatoms. The van der Waals surface area contributed by atoms with Crippen LogP contribution in [-0.2, 0) is 6.42 Å². The van der Waals surface area contributed by atoms with E-state index in [1.807, 2.05) is 13.0 Å². The Morgan fingerprint density at radius 2 is 2.21 bits per heavy atom. The Bertz CT molecular complexity index is 455. The summed E-state index contributed by atoms with van der Waals surface area (Å²) in [5, 5.41) is 3.11. The molecule has 104 valence electrons. The molecule has 1 aromatic rings. The number of hydrogen-bond acceptors (Lipinski definition) is 3. The highest BCUT2D eigenvalue weighted by Crippen LogP contribution is 2.34. The van der Waals surface area contributed by atoms with E-state index in [9.17, 15) is 4.79 Å². The molecule has 1 aliphatic carbocycles. The zero-order valence-corrected chi connectivity index (χ0v) is 11.8. The summed E-state index contributed by atoms with van der Waals surface area (Å²) in [7, 11) is 0. The molecule has 1 amide bonds. The number of aromatic nitrogens is 1. The van der Waals surface area contributed by atoms with Gasteiger partial charge in [0.25, 0.3) is 5.91 Å². The van der Waals surface area contributed by atoms with Crippen LogP contribution >= 0.6 is 0 Å². The fourth-order valence-corrected chi connectivity index (χ4v) is 2.28. The number of aryl methyl sites for hydroxylation is 1. The number of carbonyl (C=O) groups excluding carboxylic acids is 1. The van der Waals surface area contributed by atoms with Gasteiger partial charge in [-0.05, 0) is 37.3 Å². The highest BCUT2D eigenvalue weighted by Gasteiger charge is 2.25. The summed E-state index contributed by atoms with van der Waals surface area (Å²) in [6.07, 6.45) is 5.49. The number of rotatable bonds is 6. The summed E-state index contributed by atoms with van der Waals surface area (Å²) in [6.45, 7) is 4.12. The van der Waals surface area contributed by atoms with Crippen LogP contribution in [0.2, 0.25) is 0 Å². The molecular formula is C15H23N3O. The monoisotopic (exact) mass is 261 g/mol. The molecule has 1 saturated carbocycles. The zero-order chi connectivity index (χ0) is 13.8. The van der Waals surface area contributed by atoms with Gasteiger partial charge in [-0.15, -0.1) is 0 Å². The first-order chi connectivity index (χ1) is 9.12. The summed E-state index contributed by atoms with van der Waals surface area (Å²) in [6, 6.07) is 3.76. The Morgan fingerprint density at radius 3 is 2.79 bits per heavy atom. The predicted octanol–water partition coefficient (Wildman–Crippen LogP) is 2.53. The molecule has 0 radical (unpaired) electrons. The van der Waals surface area contributed by atoms with E-state index in [0.717, 1.165) is 30.9 Å². The average Bonchev–Trinajstić information content (AvgIpc) is 3.20. The van der Waals surface area contributed by atoms with E-state index in [2.05, 4.69) is 17.2 Å². The maximum absolute atomic E-state index is 12.2. The van der Waals surface area contributed by atoms with E-state index >= 15 is 0 Å². The predicted molar refractivity (Wildman–Crippen MR) is 76.9 cm³/mol. The molecule has 0 bridgehead atoms. The molecule has 1 atom stereocenters. The van der Waals surface area contributed by atoms with Crippen molar-refractivity contribution in [3.05, 3.63) is 23.4 Å². The number of nitrogens with one attached hydrogen (secondary N) is 1. The molecule has 4 nitrogen and oxygen atoms in total. The van der Waals surface area contributed by atoms with E-state index in [0.29, 0.717) is 11.4 Å². The minimum atomic E-state index is -0.0312. The Morgan fingerprint density at radius 1 is 1.47 bits per heavy atom. The fourth-order valence-electron chi connectivity index (χ4n) is 2.28. The molecule has 19 heavy (non-hydrogen) atoms. The van der Waals surface area contributed by atoms with Crippen molar-refractivity contribution in [2.75, 3.05) is 5.73 Å². The van der Waals surface area contributed by atoms with Gasteiger partial charge in [-0.3, -0.25) is 4.79 Å². The zero-order valence-electron chi connectivity index (χ0n) is 11.8. The molecule has 3 N–H and O–H groups in total. The van der Waals surface area contributed by atoms with E-state index in [4.69, 9.17) is 5.73 Å². The summed E-state index contributed by atoms with van der Waals surface area (Å²) in [5.74, 6) is 1.20. The van der Waals surface area contributed by atoms with Crippen LogP contribution in [0.15, 0.2) is 12.1 Å². The standard InChI is InChI=1S/C15H23N3O/c1-3-12(7-10-5-6-10)18-15(19)11-8-13(4-2)17-14(16)9-11/h8-10,12H,3-7H2,1-2H3,(H2,16,17)(H,18,19). The van der Waals surface area contributed by atoms with E-state index in [1.165, 1.54) is 12.8 Å². The lowest BCUT2D eigenvalue weighted by Gasteiger charge is -2.17. The van der Waals surface area contributed by atoms with E-state index in [-0.39, 0.29) is 11.9 Å². The molecule has 1 fully saturated rings. The van der Waals surface area contributed by atoms with Crippen LogP contribution in [0.5, 0.6) is 0 Å². The average molecular weight is 261 g/mol. The molecule has 0 saturated heterocycles. The molecule has 0 aromatic carbocycles. The van der Waals surface area contributed by atoms with Gasteiger partial charge in [0.05, 0.1) is 0 Å². The molecular weight excluding hydrogens is 238 g/mol. The van der Waals surface area contributed by atoms with Crippen LogP contribution in [0.1, 0.15) is 55.6 Å². The van der Waals surface area contributed by atoms with Crippen molar-refractivity contribution in [3.63, 3.8) is 0 Å². The Kier molecular flexibility index (Phi) is 4.40. The van der Waals surface area contributed by atoms with Gasteiger partial charge in [0.2, 0.25) is 0 Å². The van der Waals surface area contributed by atoms with Gasteiger partial charge in [0, 0.05) is 17.3 Å². The number of carbonyl (C=O) groups is 1. The van der Waals surface area contributed by atoms with Gasteiger partial charge in [-0.25, -0.2) is 4.98 Å². The van der Waals surface area contributed by atoms with Gasteiger partial charge < -0.3 is 11.1 Å². The second-order valence-electron chi connectivity index (χ2n) is 5.38. The summed E-state index contributed by atoms with van der Waals surface area (Å²) in [5.41, 5.74) is 7.22. The molecule has 1 unspecified atom stereocenters. The first kappa shape index (κ1) is 13.8. The van der Waals surface area contributed by atoms with Crippen LogP contribution in [0.25, 0.3) is 0 Å². The number of nitrogens with zero attached hydrogens (tertiary/aromatic N) is 1. The van der Waals surface area contributed by atoms with Crippen LogP contribution in [0, 0.1) is 5.92 Å². The highest BCUT2D eigenvalue weighted by molar-refractivity contribution is 5.95. The van der Waals surface area contributed by atoms with Crippen molar-refractivity contribution < 1.29 is 4.79 Å². The number of hydrogen-bond donors (Lipinski definition) is 2. The molecule has 2 rings (SSSR count). The summed E-state index contributed by atoms with van der Waals surface area (Å²) in [4.78, 5) is 16.4. The Hall–Kier alpha value is -1.58. The van der Waals surface area contributed by atoms with Crippen LogP contribution < -0.4 is 11.1 Å². The van der Waals surface area contributed by atoms with Gasteiger partial charge in [-0.2, -0.15) is 0 Å². The van der Waals surface area contributed by atoms with Crippen LogP contribution in [-0.4, -0.2) is 16.9 Å². The van der Waals surface area contributed by atoms with Gasteiger partial charge in [0.1, 0.15) is 5.82 Å². The molecule has 0 aliphatic heterocycles. The topological polar surface area (TPSA) is 68.0 Å². The molecule has 1 aliphatic rings. The lowest BCUT2D eigenvalue weighted by Crippen LogP contribution is -2.34. The number of nitrogen functional groups attached to an aromatic ring is 1. The van der Waals surface area contributed by atoms with Crippen molar-refractivity contribution in [1.82, 2.24) is 10.3 Å². The highest BCUT2D eigenvalue weighted by atomic mass is 16.1. The summed E-state index contributed by atoms with van der Waals surface area (Å²) >= 11 is 0. The Balaban J connectivity index is 2.03. The third kappa shape index (κ3) is 3.94. The van der Waals surface area contributed by atoms with Gasteiger partial charge >= 0.3 is 0 Å². The molecule has 1 heterocycles. The van der Waals surface area contributed by atoms with Crippen molar-refractivity contribution in [2.24, 2.45) is 5.92 Å². The number of nitrogens with two attached hydrogens (primary N) is 1. The lowest BCUT2D eigenvalue weighted by molar-refractivity contribution is 0.0932. The van der Waals surface area contributed by atoms with Gasteiger partial charge in [-0.1, -0.05) is 26.7 Å². The first-order valence-electron chi connectivity index (χ1n) is 7.19. The SMILES string of the molecule is CCc1cc(C(=O)NC(CC)CC2CC2)cc(N)n1. The van der Waals surface area contributed by atoms with Crippen molar-refractivity contribution >= 4 is 11.7 Å². The third-order valence-electron chi connectivity index (χ3n) is 3.67. The van der Waals surface area contributed by atoms with Crippen molar-refractivity contribution in [2.45, 2.75) is 52.0 Å². The van der Waals surface area contributed by atoms with Gasteiger partial charge in [0.15, 0.2) is 0 Å². The number of pyridine rings is 1. The van der Waals surface area contributed by atoms with E-state index < -0.39 is 0 Å². The van der Waals surface area contributed by atoms with Crippen LogP contribution in [0.4, 0.5) is 5.82 Å². The van der Waals surface area contributed by atoms with E-state index in [1.54, 1.807) is 6.07 Å². The lowest BCUT2D eigenvalue weighted by atomic mass is 10.1.